The average molecular weight is 432 g/mol. The number of aromatic nitrogens is 6. The topological polar surface area (TPSA) is 73.5 Å². The molecule has 4 aromatic rings. The molecule has 0 atom stereocenters. The van der Waals surface area contributed by atoms with Crippen LogP contribution in [0.25, 0.3) is 17.1 Å². The zero-order valence-electron chi connectivity index (χ0n) is 15.8. The van der Waals surface area contributed by atoms with Crippen LogP contribution in [-0.4, -0.2) is 29.5 Å². The van der Waals surface area contributed by atoms with E-state index in [2.05, 4.69) is 25.5 Å². The number of hydrogen-bond acceptors (Lipinski definition) is 5. The monoisotopic (exact) mass is 431 g/mol. The number of benzene rings is 1. The summed E-state index contributed by atoms with van der Waals surface area (Å²) >= 11 is 12.8. The van der Waals surface area contributed by atoms with Crippen molar-refractivity contribution in [2.75, 3.05) is 5.32 Å². The van der Waals surface area contributed by atoms with Crippen molar-refractivity contribution in [3.63, 3.8) is 0 Å². The van der Waals surface area contributed by atoms with Crippen LogP contribution in [0.4, 0.5) is 16.0 Å². The van der Waals surface area contributed by atoms with Crippen molar-refractivity contribution in [1.29, 1.82) is 0 Å². The molecule has 0 fully saturated rings. The molecule has 0 saturated carbocycles. The second-order valence-corrected chi connectivity index (χ2v) is 7.18. The minimum atomic E-state index is -0.322. The molecule has 0 radical (unpaired) electrons. The summed E-state index contributed by atoms with van der Waals surface area (Å²) in [7, 11) is 1.75. The molecule has 0 aliphatic heterocycles. The Hall–Kier alpha value is -2.97. The Kier molecular flexibility index (Phi) is 4.97. The molecule has 1 aromatic carbocycles. The Morgan fingerprint density at radius 1 is 1.00 bits per heavy atom. The molecule has 10 heteroatoms. The molecule has 7 nitrogen and oxygen atoms in total. The maximum atomic E-state index is 13.2. The summed E-state index contributed by atoms with van der Waals surface area (Å²) in [6.07, 6.45) is 1.42. The number of halogens is 3. The molecule has 4 rings (SSSR count). The molecular formula is C19H16Cl2FN7. The minimum absolute atomic E-state index is 0.322. The van der Waals surface area contributed by atoms with Gasteiger partial charge in [0.25, 0.3) is 0 Å². The molecule has 3 heterocycles. The van der Waals surface area contributed by atoms with E-state index in [1.165, 1.54) is 18.5 Å². The van der Waals surface area contributed by atoms with Crippen LogP contribution in [0.2, 0.25) is 10.0 Å². The van der Waals surface area contributed by atoms with E-state index in [0.717, 1.165) is 11.4 Å². The van der Waals surface area contributed by atoms with E-state index in [-0.39, 0.29) is 5.82 Å². The summed E-state index contributed by atoms with van der Waals surface area (Å²) < 4.78 is 16.5. The van der Waals surface area contributed by atoms with Crippen LogP contribution in [0.1, 0.15) is 11.4 Å². The van der Waals surface area contributed by atoms with Crippen LogP contribution in [0.3, 0.4) is 0 Å². The maximum absolute atomic E-state index is 13.2. The molecule has 29 heavy (non-hydrogen) atoms. The van der Waals surface area contributed by atoms with Crippen molar-refractivity contribution >= 4 is 34.8 Å². The minimum Gasteiger partial charge on any atom is -0.324 e. The van der Waals surface area contributed by atoms with Crippen LogP contribution in [0, 0.1) is 19.7 Å². The third-order valence-corrected chi connectivity index (χ3v) is 5.33. The van der Waals surface area contributed by atoms with Gasteiger partial charge in [-0.2, -0.15) is 10.2 Å². The van der Waals surface area contributed by atoms with Crippen LogP contribution in [0.5, 0.6) is 0 Å². The Bertz CT molecular complexity index is 1200. The standard InChI is InChI=1S/C19H16Cl2FN7/c1-10-16(20)11(2)29(26-10)15-8-14(23-9-24-15)25-19-17(21)18(27-28(19)3)12-4-6-13(22)7-5-12/h4-9H,1-3H3,(H,23,24,25). The molecule has 3 aromatic heterocycles. The van der Waals surface area contributed by atoms with Gasteiger partial charge in [-0.15, -0.1) is 0 Å². The van der Waals surface area contributed by atoms with Crippen LogP contribution >= 0.6 is 23.2 Å². The van der Waals surface area contributed by atoms with Gasteiger partial charge in [0.1, 0.15) is 34.5 Å². The number of rotatable bonds is 4. The Balaban J connectivity index is 1.68. The molecule has 0 unspecified atom stereocenters. The summed E-state index contributed by atoms with van der Waals surface area (Å²) in [5, 5.41) is 13.0. The molecule has 0 aliphatic rings. The molecule has 0 amide bonds. The lowest BCUT2D eigenvalue weighted by molar-refractivity contribution is 0.628. The van der Waals surface area contributed by atoms with Crippen molar-refractivity contribution in [3.05, 3.63) is 63.9 Å². The Morgan fingerprint density at radius 3 is 2.38 bits per heavy atom. The second kappa shape index (κ2) is 7.46. The summed E-state index contributed by atoms with van der Waals surface area (Å²) in [6, 6.07) is 7.72. The van der Waals surface area contributed by atoms with Crippen LogP contribution in [-0.2, 0) is 7.05 Å². The van der Waals surface area contributed by atoms with Gasteiger partial charge in [-0.05, 0) is 38.1 Å². The van der Waals surface area contributed by atoms with E-state index in [9.17, 15) is 4.39 Å². The maximum Gasteiger partial charge on any atom is 0.159 e. The predicted molar refractivity (Wildman–Crippen MR) is 111 cm³/mol. The van der Waals surface area contributed by atoms with E-state index in [1.54, 1.807) is 34.6 Å². The number of hydrogen-bond donors (Lipinski definition) is 1. The summed E-state index contributed by atoms with van der Waals surface area (Å²) in [4.78, 5) is 8.52. The van der Waals surface area contributed by atoms with Crippen LogP contribution < -0.4 is 5.32 Å². The highest BCUT2D eigenvalue weighted by Gasteiger charge is 2.18. The van der Waals surface area contributed by atoms with Crippen molar-refractivity contribution in [2.45, 2.75) is 13.8 Å². The fourth-order valence-corrected chi connectivity index (χ4v) is 3.36. The first kappa shape index (κ1) is 19.4. The number of nitrogens with zero attached hydrogens (tertiary/aromatic N) is 6. The Morgan fingerprint density at radius 2 is 1.72 bits per heavy atom. The van der Waals surface area contributed by atoms with Gasteiger partial charge >= 0.3 is 0 Å². The fraction of sp³-hybridized carbons (Fsp3) is 0.158. The van der Waals surface area contributed by atoms with Gasteiger partial charge < -0.3 is 5.32 Å². The van der Waals surface area contributed by atoms with E-state index in [0.29, 0.717) is 38.8 Å². The van der Waals surface area contributed by atoms with Gasteiger partial charge in [0.05, 0.1) is 16.4 Å². The molecular weight excluding hydrogens is 416 g/mol. The van der Waals surface area contributed by atoms with Gasteiger partial charge in [0.15, 0.2) is 5.82 Å². The highest BCUT2D eigenvalue weighted by Crippen LogP contribution is 2.34. The third kappa shape index (κ3) is 3.56. The predicted octanol–water partition coefficient (Wildman–Crippen LogP) is 4.87. The van der Waals surface area contributed by atoms with Crippen LogP contribution in [0.15, 0.2) is 36.7 Å². The van der Waals surface area contributed by atoms with Gasteiger partial charge in [-0.1, -0.05) is 23.2 Å². The quantitative estimate of drug-likeness (QED) is 0.498. The largest absolute Gasteiger partial charge is 0.324 e. The molecule has 0 spiro atoms. The van der Waals surface area contributed by atoms with Crippen molar-refractivity contribution in [2.24, 2.45) is 7.05 Å². The number of aryl methyl sites for hydroxylation is 2. The lowest BCUT2D eigenvalue weighted by Gasteiger charge is -2.08. The summed E-state index contributed by atoms with van der Waals surface area (Å²) in [5.41, 5.74) is 2.75. The van der Waals surface area contributed by atoms with Crippen molar-refractivity contribution < 1.29 is 4.39 Å². The first-order valence-electron chi connectivity index (χ1n) is 8.64. The number of nitrogens with one attached hydrogen (secondary N) is 1. The molecule has 0 aliphatic carbocycles. The molecule has 148 valence electrons. The zero-order chi connectivity index (χ0) is 20.7. The molecule has 1 N–H and O–H groups in total. The first-order chi connectivity index (χ1) is 13.8. The highest BCUT2D eigenvalue weighted by atomic mass is 35.5. The number of anilines is 2. The summed E-state index contributed by atoms with van der Waals surface area (Å²) in [5.74, 6) is 1.29. The Labute approximate surface area is 176 Å². The van der Waals surface area contributed by atoms with Crippen molar-refractivity contribution in [3.8, 4) is 17.1 Å². The second-order valence-electron chi connectivity index (χ2n) is 6.42. The zero-order valence-corrected chi connectivity index (χ0v) is 17.3. The van der Waals surface area contributed by atoms with Gasteiger partial charge in [0.2, 0.25) is 0 Å². The van der Waals surface area contributed by atoms with E-state index >= 15 is 0 Å². The highest BCUT2D eigenvalue weighted by molar-refractivity contribution is 6.35. The van der Waals surface area contributed by atoms with Gasteiger partial charge in [-0.3, -0.25) is 4.68 Å². The lowest BCUT2D eigenvalue weighted by atomic mass is 10.1. The average Bonchev–Trinajstić information content (AvgIpc) is 3.13. The molecule has 0 bridgehead atoms. The lowest BCUT2D eigenvalue weighted by Crippen LogP contribution is -2.06. The van der Waals surface area contributed by atoms with E-state index in [1.807, 2.05) is 13.8 Å². The van der Waals surface area contributed by atoms with E-state index < -0.39 is 0 Å². The first-order valence-corrected chi connectivity index (χ1v) is 9.40. The smallest absolute Gasteiger partial charge is 0.159 e. The SMILES string of the molecule is Cc1nn(-c2cc(Nc3c(Cl)c(-c4ccc(F)cc4)nn3C)ncn2)c(C)c1Cl. The summed E-state index contributed by atoms with van der Waals surface area (Å²) in [6.45, 7) is 3.70. The fourth-order valence-electron chi connectivity index (χ4n) is 2.93. The molecule has 0 saturated heterocycles. The normalized spacial score (nSPS) is 11.1. The van der Waals surface area contributed by atoms with E-state index in [4.69, 9.17) is 23.2 Å². The van der Waals surface area contributed by atoms with Crippen molar-refractivity contribution in [1.82, 2.24) is 29.5 Å². The van der Waals surface area contributed by atoms with Gasteiger partial charge in [-0.25, -0.2) is 19.0 Å². The third-order valence-electron chi connectivity index (χ3n) is 4.43. The van der Waals surface area contributed by atoms with Gasteiger partial charge in [0, 0.05) is 18.7 Å².